The van der Waals surface area contributed by atoms with Crippen LogP contribution in [0.5, 0.6) is 0 Å². The summed E-state index contributed by atoms with van der Waals surface area (Å²) in [5.74, 6) is -0.890. The van der Waals surface area contributed by atoms with E-state index >= 15 is 0 Å². The molecule has 0 saturated carbocycles. The summed E-state index contributed by atoms with van der Waals surface area (Å²) in [6, 6.07) is -1.36. The van der Waals surface area contributed by atoms with Crippen molar-refractivity contribution in [2.75, 3.05) is 13.2 Å². The van der Waals surface area contributed by atoms with Gasteiger partial charge in [0.25, 0.3) is 0 Å². The first kappa shape index (κ1) is 11.5. The van der Waals surface area contributed by atoms with Crippen LogP contribution in [0.15, 0.2) is 0 Å². The van der Waals surface area contributed by atoms with Crippen molar-refractivity contribution in [2.45, 2.75) is 18.2 Å². The van der Waals surface area contributed by atoms with Crippen LogP contribution in [0.25, 0.3) is 0 Å². The van der Waals surface area contributed by atoms with Gasteiger partial charge in [-0.1, -0.05) is 0 Å². The van der Waals surface area contributed by atoms with Crippen molar-refractivity contribution in [1.82, 2.24) is 0 Å². The Hall–Kier alpha value is -0.530. The number of hydrogen-bond donors (Lipinski definition) is 5. The topological polar surface area (TPSA) is 124 Å². The maximum Gasteiger partial charge on any atom is 0.182 e. The summed E-state index contributed by atoms with van der Waals surface area (Å²) in [5, 5.41) is 34.3. The van der Waals surface area contributed by atoms with E-state index in [1.165, 1.54) is 0 Å². The quantitative estimate of drug-likeness (QED) is 0.299. The first-order valence-electron chi connectivity index (χ1n) is 3.41. The average Bonchev–Trinajstić information content (AvgIpc) is 2.12. The molecule has 0 rings (SSSR count). The van der Waals surface area contributed by atoms with E-state index < -0.39 is 37.2 Å². The summed E-state index contributed by atoms with van der Waals surface area (Å²) in [4.78, 5) is 10.9. The van der Waals surface area contributed by atoms with Crippen LogP contribution in [0.4, 0.5) is 0 Å². The van der Waals surface area contributed by atoms with E-state index in [2.05, 4.69) is 0 Å². The van der Waals surface area contributed by atoms with Gasteiger partial charge < -0.3 is 26.2 Å². The van der Waals surface area contributed by atoms with Crippen LogP contribution in [0.3, 0.4) is 0 Å². The zero-order valence-corrected chi connectivity index (χ0v) is 6.42. The molecule has 6 nitrogen and oxygen atoms in total. The van der Waals surface area contributed by atoms with Gasteiger partial charge in [0.1, 0.15) is 6.10 Å². The van der Waals surface area contributed by atoms with Crippen molar-refractivity contribution in [3.63, 3.8) is 0 Å². The number of carbonyl (C=O) groups excluding carboxylic acids is 1. The summed E-state index contributed by atoms with van der Waals surface area (Å²) < 4.78 is 0. The van der Waals surface area contributed by atoms with Crippen molar-refractivity contribution in [1.29, 1.82) is 0 Å². The van der Waals surface area contributed by atoms with Crippen molar-refractivity contribution < 1.29 is 25.2 Å². The summed E-state index contributed by atoms with van der Waals surface area (Å²) in [6.07, 6.45) is -3.00. The van der Waals surface area contributed by atoms with E-state index in [4.69, 9.17) is 26.2 Å². The van der Waals surface area contributed by atoms with E-state index in [1.54, 1.807) is 0 Å². The molecule has 0 aliphatic rings. The molecule has 3 unspecified atom stereocenters. The normalized spacial score (nSPS) is 18.4. The van der Waals surface area contributed by atoms with Crippen molar-refractivity contribution in [2.24, 2.45) is 5.73 Å². The minimum Gasteiger partial charge on any atom is -0.394 e. The van der Waals surface area contributed by atoms with Gasteiger partial charge in [0.2, 0.25) is 0 Å². The molecule has 0 aliphatic carbocycles. The van der Waals surface area contributed by atoms with Gasteiger partial charge in [-0.25, -0.2) is 0 Å². The lowest BCUT2D eigenvalue weighted by Crippen LogP contribution is -2.49. The van der Waals surface area contributed by atoms with E-state index in [0.717, 1.165) is 0 Å². The maximum absolute atomic E-state index is 10.9. The summed E-state index contributed by atoms with van der Waals surface area (Å²) in [5.41, 5.74) is 5.12. The predicted octanol–water partition coefficient (Wildman–Crippen LogP) is -3.41. The van der Waals surface area contributed by atoms with Crippen molar-refractivity contribution in [3.8, 4) is 0 Å². The largest absolute Gasteiger partial charge is 0.394 e. The molecular weight excluding hydrogens is 166 g/mol. The molecule has 0 aliphatic heterocycles. The van der Waals surface area contributed by atoms with Crippen LogP contribution in [0, 0.1) is 0 Å². The molecule has 0 amide bonds. The second-order valence-corrected chi connectivity index (χ2v) is 2.38. The molecule has 0 fully saturated rings. The standard InChI is InChI=1S/C6H13NO5/c7-5(3(10)1-8)6(12)4(11)2-9/h3-5,8-11H,1-2,7H2. The van der Waals surface area contributed by atoms with Gasteiger partial charge in [0.15, 0.2) is 5.78 Å². The van der Waals surface area contributed by atoms with Gasteiger partial charge in [-0.2, -0.15) is 0 Å². The number of hydrogen-bond acceptors (Lipinski definition) is 6. The molecule has 0 bridgehead atoms. The number of ketones is 1. The maximum atomic E-state index is 10.9. The summed E-state index contributed by atoms with van der Waals surface area (Å²) >= 11 is 0. The number of nitrogens with two attached hydrogens (primary N) is 1. The van der Waals surface area contributed by atoms with Gasteiger partial charge in [0.05, 0.1) is 25.4 Å². The van der Waals surface area contributed by atoms with Gasteiger partial charge in [0, 0.05) is 0 Å². The van der Waals surface area contributed by atoms with Gasteiger partial charge in [-0.05, 0) is 0 Å². The molecule has 0 saturated heterocycles. The third-order valence-electron chi connectivity index (χ3n) is 1.43. The third kappa shape index (κ3) is 2.84. The van der Waals surface area contributed by atoms with Gasteiger partial charge in [-0.3, -0.25) is 4.79 Å². The monoisotopic (exact) mass is 179 g/mol. The molecule has 0 aromatic heterocycles. The highest BCUT2D eigenvalue weighted by Crippen LogP contribution is 1.95. The molecule has 0 spiro atoms. The van der Waals surface area contributed by atoms with E-state index in [0.29, 0.717) is 0 Å². The van der Waals surface area contributed by atoms with Gasteiger partial charge >= 0.3 is 0 Å². The van der Waals surface area contributed by atoms with E-state index in [9.17, 15) is 4.79 Å². The van der Waals surface area contributed by atoms with E-state index in [1.807, 2.05) is 0 Å². The Balaban J connectivity index is 4.09. The molecule has 0 heterocycles. The zero-order chi connectivity index (χ0) is 9.72. The van der Waals surface area contributed by atoms with Crippen molar-refractivity contribution in [3.05, 3.63) is 0 Å². The second kappa shape index (κ2) is 5.18. The van der Waals surface area contributed by atoms with Gasteiger partial charge in [-0.15, -0.1) is 0 Å². The Kier molecular flexibility index (Phi) is 4.95. The Morgan fingerprint density at radius 3 is 2.08 bits per heavy atom. The summed E-state index contributed by atoms with van der Waals surface area (Å²) in [6.45, 7) is -1.41. The SMILES string of the molecule is NC(C(=O)C(O)CO)C(O)CO. The first-order chi connectivity index (χ1) is 5.54. The average molecular weight is 179 g/mol. The van der Waals surface area contributed by atoms with Crippen LogP contribution >= 0.6 is 0 Å². The molecule has 6 heteroatoms. The minimum absolute atomic E-state index is 0.662. The Morgan fingerprint density at radius 1 is 1.25 bits per heavy atom. The van der Waals surface area contributed by atoms with Crippen LogP contribution in [0.2, 0.25) is 0 Å². The van der Waals surface area contributed by atoms with Crippen LogP contribution in [-0.2, 0) is 4.79 Å². The molecule has 72 valence electrons. The van der Waals surface area contributed by atoms with Crippen molar-refractivity contribution >= 4 is 5.78 Å². The molecular formula is C6H13NO5. The Bertz CT molecular complexity index is 151. The predicted molar refractivity (Wildman–Crippen MR) is 39.2 cm³/mol. The van der Waals surface area contributed by atoms with Crippen LogP contribution in [-0.4, -0.2) is 57.7 Å². The molecule has 3 atom stereocenters. The highest BCUT2D eigenvalue weighted by molar-refractivity contribution is 5.88. The fraction of sp³-hybridized carbons (Fsp3) is 0.833. The Morgan fingerprint density at radius 2 is 1.75 bits per heavy atom. The highest BCUT2D eigenvalue weighted by atomic mass is 16.3. The lowest BCUT2D eigenvalue weighted by molar-refractivity contribution is -0.133. The number of aliphatic hydroxyl groups excluding tert-OH is 4. The molecule has 6 N–H and O–H groups in total. The van der Waals surface area contributed by atoms with Crippen LogP contribution in [0.1, 0.15) is 0 Å². The minimum atomic E-state index is -1.60. The number of carbonyl (C=O) groups is 1. The molecule has 0 aromatic rings. The fourth-order valence-electron chi connectivity index (χ4n) is 0.615. The fourth-order valence-corrected chi connectivity index (χ4v) is 0.615. The molecule has 0 radical (unpaired) electrons. The smallest absolute Gasteiger partial charge is 0.182 e. The number of aliphatic hydroxyl groups is 4. The summed E-state index contributed by atoms with van der Waals surface area (Å²) in [7, 11) is 0. The molecule has 0 aromatic carbocycles. The number of Topliss-reactive ketones (excluding diaryl/α,β-unsaturated/α-hetero) is 1. The highest BCUT2D eigenvalue weighted by Gasteiger charge is 2.26. The lowest BCUT2D eigenvalue weighted by atomic mass is 10.0. The Labute approximate surface area is 69.2 Å². The van der Waals surface area contributed by atoms with Crippen LogP contribution < -0.4 is 5.73 Å². The molecule has 12 heavy (non-hydrogen) atoms. The number of rotatable bonds is 5. The first-order valence-corrected chi connectivity index (χ1v) is 3.41. The third-order valence-corrected chi connectivity index (χ3v) is 1.43. The van der Waals surface area contributed by atoms with E-state index in [-0.39, 0.29) is 0 Å². The zero-order valence-electron chi connectivity index (χ0n) is 6.42. The lowest BCUT2D eigenvalue weighted by Gasteiger charge is -2.17. The second-order valence-electron chi connectivity index (χ2n) is 2.38.